The molecule has 10 heteroatoms. The fourth-order valence-corrected chi connectivity index (χ4v) is 4.22. The van der Waals surface area contributed by atoms with Crippen LogP contribution in [0.4, 0.5) is 17.1 Å². The quantitative estimate of drug-likeness (QED) is 0.176. The van der Waals surface area contributed by atoms with Gasteiger partial charge in [0.25, 0.3) is 17.7 Å². The Morgan fingerprint density at radius 3 is 2.39 bits per heavy atom. The Morgan fingerprint density at radius 1 is 0.947 bits per heavy atom. The molecule has 2 N–H and O–H groups in total. The highest BCUT2D eigenvalue weighted by Crippen LogP contribution is 2.31. The largest absolute Gasteiger partial charge is 0.462 e. The van der Waals surface area contributed by atoms with Crippen molar-refractivity contribution < 1.29 is 23.9 Å². The maximum atomic E-state index is 13.1. The summed E-state index contributed by atoms with van der Waals surface area (Å²) >= 11 is 9.64. The van der Waals surface area contributed by atoms with Crippen molar-refractivity contribution in [3.8, 4) is 0 Å². The summed E-state index contributed by atoms with van der Waals surface area (Å²) in [6.45, 7) is 2.31. The summed E-state index contributed by atoms with van der Waals surface area (Å²) < 4.78 is 5.92. The summed E-state index contributed by atoms with van der Waals surface area (Å²) in [5.74, 6) is -2.21. The van der Waals surface area contributed by atoms with E-state index in [9.17, 15) is 19.2 Å². The third kappa shape index (κ3) is 5.95. The summed E-state index contributed by atoms with van der Waals surface area (Å²) in [4.78, 5) is 51.8. The lowest BCUT2D eigenvalue weighted by atomic mass is 10.1. The number of rotatable bonds is 9. The molecule has 4 rings (SSSR count). The molecular weight excluding hydrogens is 574 g/mol. The van der Waals surface area contributed by atoms with Crippen LogP contribution >= 0.6 is 27.5 Å². The van der Waals surface area contributed by atoms with Gasteiger partial charge in [0.05, 0.1) is 23.5 Å². The number of esters is 1. The van der Waals surface area contributed by atoms with Gasteiger partial charge in [0.2, 0.25) is 0 Å². The van der Waals surface area contributed by atoms with E-state index in [1.807, 2.05) is 19.1 Å². The number of imide groups is 1. The van der Waals surface area contributed by atoms with Gasteiger partial charge in [0.15, 0.2) is 0 Å². The van der Waals surface area contributed by atoms with E-state index in [2.05, 4.69) is 26.6 Å². The van der Waals surface area contributed by atoms with Crippen molar-refractivity contribution >= 4 is 68.3 Å². The van der Waals surface area contributed by atoms with Crippen molar-refractivity contribution in [2.75, 3.05) is 22.1 Å². The van der Waals surface area contributed by atoms with Crippen molar-refractivity contribution in [2.24, 2.45) is 0 Å². The van der Waals surface area contributed by atoms with E-state index in [0.717, 1.165) is 22.2 Å². The zero-order valence-corrected chi connectivity index (χ0v) is 22.6. The number of halogens is 2. The smallest absolute Gasteiger partial charge is 0.338 e. The van der Waals surface area contributed by atoms with E-state index >= 15 is 0 Å². The van der Waals surface area contributed by atoms with E-state index in [1.54, 1.807) is 36.4 Å². The number of anilines is 3. The number of benzene rings is 3. The molecule has 3 aromatic carbocycles. The molecule has 1 aliphatic rings. The maximum Gasteiger partial charge on any atom is 0.338 e. The minimum absolute atomic E-state index is 0.122. The minimum atomic E-state index is -0.708. The van der Waals surface area contributed by atoms with Crippen LogP contribution in [0.25, 0.3) is 0 Å². The van der Waals surface area contributed by atoms with Crippen LogP contribution in [0.2, 0.25) is 0 Å². The first-order chi connectivity index (χ1) is 18.3. The number of nitrogens with zero attached hydrogens (tertiary/aromatic N) is 1. The van der Waals surface area contributed by atoms with Gasteiger partial charge in [-0.25, -0.2) is 9.69 Å². The Bertz CT molecular complexity index is 1440. The Kier molecular flexibility index (Phi) is 8.60. The van der Waals surface area contributed by atoms with Crippen LogP contribution in [0.5, 0.6) is 0 Å². The second-order valence-electron chi connectivity index (χ2n) is 8.31. The maximum absolute atomic E-state index is 13.1. The first-order valence-corrected chi connectivity index (χ1v) is 13.0. The van der Waals surface area contributed by atoms with Gasteiger partial charge < -0.3 is 15.4 Å². The van der Waals surface area contributed by atoms with E-state index in [4.69, 9.17) is 16.3 Å². The van der Waals surface area contributed by atoms with Crippen molar-refractivity contribution in [1.29, 1.82) is 0 Å². The second kappa shape index (κ2) is 12.1. The monoisotopic (exact) mass is 595 g/mol. The van der Waals surface area contributed by atoms with Gasteiger partial charge in [0, 0.05) is 15.7 Å². The fraction of sp³-hybridized carbons (Fsp3) is 0.143. The van der Waals surface area contributed by atoms with Gasteiger partial charge in [-0.3, -0.25) is 14.4 Å². The zero-order chi connectivity index (χ0) is 27.2. The van der Waals surface area contributed by atoms with Crippen molar-refractivity contribution in [2.45, 2.75) is 19.8 Å². The number of unbranched alkanes of at least 4 members (excludes halogenated alkanes) is 1. The van der Waals surface area contributed by atoms with Crippen molar-refractivity contribution in [3.63, 3.8) is 0 Å². The molecule has 0 atom stereocenters. The Morgan fingerprint density at radius 2 is 1.68 bits per heavy atom. The molecule has 0 fully saturated rings. The first-order valence-electron chi connectivity index (χ1n) is 11.8. The van der Waals surface area contributed by atoms with Gasteiger partial charge in [-0.1, -0.05) is 43.1 Å². The number of nitrogens with one attached hydrogen (secondary N) is 2. The molecule has 1 aliphatic heterocycles. The van der Waals surface area contributed by atoms with Crippen LogP contribution < -0.4 is 15.5 Å². The van der Waals surface area contributed by atoms with Crippen molar-refractivity contribution in [3.05, 3.63) is 99.1 Å². The molecule has 0 aliphatic carbocycles. The molecule has 1 heterocycles. The number of carbonyl (C=O) groups excluding carboxylic acids is 4. The van der Waals surface area contributed by atoms with E-state index in [1.165, 1.54) is 24.3 Å². The van der Waals surface area contributed by atoms with Crippen molar-refractivity contribution in [1.82, 2.24) is 0 Å². The highest BCUT2D eigenvalue weighted by Gasteiger charge is 2.39. The average molecular weight is 597 g/mol. The molecule has 0 saturated carbocycles. The molecule has 38 heavy (non-hydrogen) atoms. The SMILES string of the molecule is CCCCOC(=O)c1ccc(N2C(=O)C(Cl)=C(Nc3cccc(C(=O)Nc4ccccc4Br)c3)C2=O)cc1. The van der Waals surface area contributed by atoms with Crippen LogP contribution in [0, 0.1) is 0 Å². The Labute approximate surface area is 232 Å². The average Bonchev–Trinajstić information content (AvgIpc) is 3.13. The minimum Gasteiger partial charge on any atom is -0.462 e. The molecule has 3 amide bonds. The lowest BCUT2D eigenvalue weighted by Gasteiger charge is -2.15. The molecule has 3 aromatic rings. The third-order valence-corrected chi connectivity index (χ3v) is 6.68. The van der Waals surface area contributed by atoms with Gasteiger partial charge in [0.1, 0.15) is 10.7 Å². The standard InChI is InChI=1S/C28H23BrClN3O5/c1-2-3-15-38-28(37)17-11-13-20(14-12-17)33-26(35)23(30)24(27(33)36)31-19-8-6-7-18(16-19)25(34)32-22-10-5-4-9-21(22)29/h4-14,16,31H,2-3,15H2,1H3,(H,32,34). The number of hydrogen-bond acceptors (Lipinski definition) is 6. The predicted octanol–water partition coefficient (Wildman–Crippen LogP) is 6.09. The van der Waals surface area contributed by atoms with Crippen LogP contribution in [0.15, 0.2) is 88.0 Å². The summed E-state index contributed by atoms with van der Waals surface area (Å²) in [7, 11) is 0. The Hall–Kier alpha value is -3.95. The summed E-state index contributed by atoms with van der Waals surface area (Å²) in [6, 6.07) is 19.6. The molecule has 194 valence electrons. The lowest BCUT2D eigenvalue weighted by Crippen LogP contribution is -2.32. The lowest BCUT2D eigenvalue weighted by molar-refractivity contribution is -0.120. The molecular formula is C28H23BrClN3O5. The molecule has 0 radical (unpaired) electrons. The van der Waals surface area contributed by atoms with Crippen LogP contribution in [0.1, 0.15) is 40.5 Å². The van der Waals surface area contributed by atoms with Gasteiger partial charge in [-0.15, -0.1) is 0 Å². The molecule has 0 aromatic heterocycles. The van der Waals surface area contributed by atoms with Gasteiger partial charge >= 0.3 is 5.97 Å². The van der Waals surface area contributed by atoms with E-state index in [-0.39, 0.29) is 22.3 Å². The van der Waals surface area contributed by atoms with Crippen LogP contribution in [-0.2, 0) is 14.3 Å². The fourth-order valence-electron chi connectivity index (χ4n) is 3.62. The summed E-state index contributed by atoms with van der Waals surface area (Å²) in [5.41, 5.74) is 1.77. The van der Waals surface area contributed by atoms with Crippen LogP contribution in [-0.4, -0.2) is 30.3 Å². The normalized spacial score (nSPS) is 13.1. The summed E-state index contributed by atoms with van der Waals surface area (Å²) in [6.07, 6.45) is 1.66. The Balaban J connectivity index is 1.47. The molecule has 0 bridgehead atoms. The summed E-state index contributed by atoms with van der Waals surface area (Å²) in [5, 5.41) is 5.39. The molecule has 8 nitrogen and oxygen atoms in total. The number of amides is 3. The number of carbonyl (C=O) groups is 4. The predicted molar refractivity (Wildman–Crippen MR) is 149 cm³/mol. The van der Waals surface area contributed by atoms with Gasteiger partial charge in [-0.05, 0) is 76.9 Å². The zero-order valence-electron chi connectivity index (χ0n) is 20.3. The van der Waals surface area contributed by atoms with E-state index in [0.29, 0.717) is 29.1 Å². The van der Waals surface area contributed by atoms with Gasteiger partial charge in [-0.2, -0.15) is 0 Å². The number of hydrogen-bond donors (Lipinski definition) is 2. The first kappa shape index (κ1) is 27.1. The topological polar surface area (TPSA) is 105 Å². The third-order valence-electron chi connectivity index (χ3n) is 5.64. The van der Waals surface area contributed by atoms with E-state index < -0.39 is 17.8 Å². The second-order valence-corrected chi connectivity index (χ2v) is 9.54. The number of ether oxygens (including phenoxy) is 1. The highest BCUT2D eigenvalue weighted by molar-refractivity contribution is 9.10. The molecule has 0 spiro atoms. The van der Waals surface area contributed by atoms with Crippen LogP contribution in [0.3, 0.4) is 0 Å². The highest BCUT2D eigenvalue weighted by atomic mass is 79.9. The molecule has 0 unspecified atom stereocenters. The molecule has 0 saturated heterocycles. The number of para-hydroxylation sites is 1.